The molecule has 1 saturated heterocycles. The van der Waals surface area contributed by atoms with Gasteiger partial charge in [-0.25, -0.2) is 0 Å². The van der Waals surface area contributed by atoms with Gasteiger partial charge in [0.2, 0.25) is 5.91 Å². The molecule has 1 saturated carbocycles. The summed E-state index contributed by atoms with van der Waals surface area (Å²) in [6.45, 7) is 11.9. The number of hydrogen-bond acceptors (Lipinski definition) is 3. The SMILES string of the molecule is CCCN(Cc1cccc(B2OC(C)(C)C(C)(C)O2)c1)C(=O)C1CC1. The summed E-state index contributed by atoms with van der Waals surface area (Å²) in [5, 5.41) is 0. The van der Waals surface area contributed by atoms with Crippen molar-refractivity contribution in [3.8, 4) is 0 Å². The van der Waals surface area contributed by atoms with Crippen molar-refractivity contribution < 1.29 is 14.1 Å². The number of carbonyl (C=O) groups is 1. The van der Waals surface area contributed by atoms with Gasteiger partial charge in [-0.1, -0.05) is 31.2 Å². The summed E-state index contributed by atoms with van der Waals surface area (Å²) in [5.41, 5.74) is 1.47. The predicted octanol–water partition coefficient (Wildman–Crippen LogP) is 3.13. The van der Waals surface area contributed by atoms with E-state index in [0.717, 1.165) is 36.8 Å². The standard InChI is InChI=1S/C20H30BNO3/c1-6-12-22(18(23)16-10-11-16)14-15-8-7-9-17(13-15)21-24-19(2,3)20(4,5)25-21/h7-9,13,16H,6,10-12,14H2,1-5H3. The maximum Gasteiger partial charge on any atom is 0.494 e. The average molecular weight is 343 g/mol. The predicted molar refractivity (Wildman–Crippen MR) is 101 cm³/mol. The Labute approximate surface area is 152 Å². The normalized spacial score (nSPS) is 21.4. The molecule has 1 aliphatic heterocycles. The highest BCUT2D eigenvalue weighted by molar-refractivity contribution is 6.62. The van der Waals surface area contributed by atoms with E-state index in [9.17, 15) is 4.79 Å². The van der Waals surface area contributed by atoms with E-state index in [2.05, 4.69) is 46.8 Å². The molecule has 136 valence electrons. The molecule has 2 fully saturated rings. The van der Waals surface area contributed by atoms with Gasteiger partial charge in [-0.15, -0.1) is 0 Å². The smallest absolute Gasteiger partial charge is 0.399 e. The van der Waals surface area contributed by atoms with Crippen molar-refractivity contribution in [3.63, 3.8) is 0 Å². The molecule has 0 aromatic heterocycles. The highest BCUT2D eigenvalue weighted by atomic mass is 16.7. The second-order valence-electron chi connectivity index (χ2n) is 8.37. The van der Waals surface area contributed by atoms with E-state index < -0.39 is 0 Å². The van der Waals surface area contributed by atoms with Crippen molar-refractivity contribution >= 4 is 18.5 Å². The summed E-state index contributed by atoms with van der Waals surface area (Å²) >= 11 is 0. The molecule has 0 radical (unpaired) electrons. The van der Waals surface area contributed by atoms with Crippen LogP contribution in [0, 0.1) is 5.92 Å². The second-order valence-corrected chi connectivity index (χ2v) is 8.37. The van der Waals surface area contributed by atoms with E-state index in [1.54, 1.807) is 0 Å². The molecular formula is C20H30BNO3. The van der Waals surface area contributed by atoms with Crippen LogP contribution in [-0.2, 0) is 20.6 Å². The molecule has 1 aliphatic carbocycles. The van der Waals surface area contributed by atoms with Gasteiger partial charge >= 0.3 is 7.12 Å². The summed E-state index contributed by atoms with van der Waals surface area (Å²) in [4.78, 5) is 14.5. The summed E-state index contributed by atoms with van der Waals surface area (Å²) < 4.78 is 12.3. The van der Waals surface area contributed by atoms with Gasteiger partial charge < -0.3 is 14.2 Å². The molecule has 5 heteroatoms. The fourth-order valence-electron chi connectivity index (χ4n) is 3.16. The Bertz CT molecular complexity index is 624. The molecule has 1 heterocycles. The van der Waals surface area contributed by atoms with Crippen LogP contribution in [0.4, 0.5) is 0 Å². The van der Waals surface area contributed by atoms with Gasteiger partial charge in [-0.3, -0.25) is 4.79 Å². The lowest BCUT2D eigenvalue weighted by atomic mass is 9.78. The van der Waals surface area contributed by atoms with Crippen molar-refractivity contribution in [3.05, 3.63) is 29.8 Å². The summed E-state index contributed by atoms with van der Waals surface area (Å²) in [5.74, 6) is 0.570. The Balaban J connectivity index is 1.74. The molecule has 2 aliphatic rings. The first kappa shape index (κ1) is 18.5. The van der Waals surface area contributed by atoms with E-state index in [-0.39, 0.29) is 24.2 Å². The zero-order chi connectivity index (χ0) is 18.2. The first-order chi connectivity index (χ1) is 11.7. The third-order valence-electron chi connectivity index (χ3n) is 5.58. The highest BCUT2D eigenvalue weighted by Crippen LogP contribution is 2.36. The van der Waals surface area contributed by atoms with Crippen molar-refractivity contribution in [1.29, 1.82) is 0 Å². The number of carbonyl (C=O) groups excluding carboxylic acids is 1. The number of hydrogen-bond donors (Lipinski definition) is 0. The van der Waals surface area contributed by atoms with Crippen LogP contribution in [0.1, 0.15) is 59.4 Å². The largest absolute Gasteiger partial charge is 0.494 e. The van der Waals surface area contributed by atoms with E-state index in [4.69, 9.17) is 9.31 Å². The molecule has 4 nitrogen and oxygen atoms in total. The second kappa shape index (κ2) is 6.77. The molecule has 0 spiro atoms. The van der Waals surface area contributed by atoms with Crippen LogP contribution in [0.5, 0.6) is 0 Å². The van der Waals surface area contributed by atoms with Crippen molar-refractivity contribution in [2.75, 3.05) is 6.54 Å². The fourth-order valence-corrected chi connectivity index (χ4v) is 3.16. The average Bonchev–Trinajstić information content (AvgIpc) is 3.34. The Hall–Kier alpha value is -1.33. The van der Waals surface area contributed by atoms with Crippen LogP contribution in [-0.4, -0.2) is 35.7 Å². The van der Waals surface area contributed by atoms with E-state index >= 15 is 0 Å². The van der Waals surface area contributed by atoms with Crippen LogP contribution in [0.2, 0.25) is 0 Å². The Morgan fingerprint density at radius 1 is 1.20 bits per heavy atom. The molecule has 0 atom stereocenters. The van der Waals surface area contributed by atoms with Crippen LogP contribution in [0.15, 0.2) is 24.3 Å². The fraction of sp³-hybridized carbons (Fsp3) is 0.650. The monoisotopic (exact) mass is 343 g/mol. The highest BCUT2D eigenvalue weighted by Gasteiger charge is 2.51. The van der Waals surface area contributed by atoms with Crippen molar-refractivity contribution in [2.24, 2.45) is 5.92 Å². The van der Waals surface area contributed by atoms with E-state index in [0.29, 0.717) is 12.5 Å². The van der Waals surface area contributed by atoms with Gasteiger partial charge in [-0.05, 0) is 58.0 Å². The van der Waals surface area contributed by atoms with Gasteiger partial charge in [0.15, 0.2) is 0 Å². The summed E-state index contributed by atoms with van der Waals surface area (Å²) in [6.07, 6.45) is 3.08. The first-order valence-electron chi connectivity index (χ1n) is 9.47. The minimum absolute atomic E-state index is 0.262. The molecule has 0 bridgehead atoms. The molecule has 1 aromatic rings. The maximum absolute atomic E-state index is 12.5. The van der Waals surface area contributed by atoms with Gasteiger partial charge in [0, 0.05) is 19.0 Å². The molecule has 0 unspecified atom stereocenters. The van der Waals surface area contributed by atoms with E-state index in [1.807, 2.05) is 17.0 Å². The Kier molecular flexibility index (Phi) is 5.00. The minimum Gasteiger partial charge on any atom is -0.399 e. The van der Waals surface area contributed by atoms with Gasteiger partial charge in [0.1, 0.15) is 0 Å². The molecule has 0 N–H and O–H groups in total. The Morgan fingerprint density at radius 2 is 1.84 bits per heavy atom. The van der Waals surface area contributed by atoms with Gasteiger partial charge in [0.05, 0.1) is 11.2 Å². The molecule has 1 amide bonds. The van der Waals surface area contributed by atoms with E-state index in [1.165, 1.54) is 0 Å². The summed E-state index contributed by atoms with van der Waals surface area (Å²) in [7, 11) is -0.358. The molecule has 1 aromatic carbocycles. The number of nitrogens with zero attached hydrogens (tertiary/aromatic N) is 1. The minimum atomic E-state index is -0.358. The zero-order valence-electron chi connectivity index (χ0n) is 16.2. The lowest BCUT2D eigenvalue weighted by molar-refractivity contribution is -0.133. The van der Waals surface area contributed by atoms with Crippen LogP contribution in [0.3, 0.4) is 0 Å². The van der Waals surface area contributed by atoms with Gasteiger partial charge in [-0.2, -0.15) is 0 Å². The molecular weight excluding hydrogens is 313 g/mol. The lowest BCUT2D eigenvalue weighted by Gasteiger charge is -2.32. The number of benzene rings is 1. The number of amides is 1. The Morgan fingerprint density at radius 3 is 2.40 bits per heavy atom. The van der Waals surface area contributed by atoms with Crippen LogP contribution < -0.4 is 5.46 Å². The zero-order valence-corrected chi connectivity index (χ0v) is 16.2. The van der Waals surface area contributed by atoms with Crippen LogP contribution >= 0.6 is 0 Å². The maximum atomic E-state index is 12.5. The quantitative estimate of drug-likeness (QED) is 0.745. The van der Waals surface area contributed by atoms with Gasteiger partial charge in [0.25, 0.3) is 0 Å². The topological polar surface area (TPSA) is 38.8 Å². The van der Waals surface area contributed by atoms with Crippen molar-refractivity contribution in [2.45, 2.75) is 71.6 Å². The van der Waals surface area contributed by atoms with Crippen molar-refractivity contribution in [1.82, 2.24) is 4.90 Å². The lowest BCUT2D eigenvalue weighted by Crippen LogP contribution is -2.41. The third-order valence-corrected chi connectivity index (χ3v) is 5.58. The molecule has 3 rings (SSSR count). The first-order valence-corrected chi connectivity index (χ1v) is 9.47. The van der Waals surface area contributed by atoms with Crippen LogP contribution in [0.25, 0.3) is 0 Å². The third kappa shape index (κ3) is 3.93. The summed E-state index contributed by atoms with van der Waals surface area (Å²) in [6, 6.07) is 8.27. The number of rotatable bonds is 6. The molecule has 25 heavy (non-hydrogen) atoms.